The van der Waals surface area contributed by atoms with Gasteiger partial charge in [0.1, 0.15) is 0 Å². The van der Waals surface area contributed by atoms with Crippen LogP contribution in [0.3, 0.4) is 0 Å². The number of allylic oxidation sites excluding steroid dienone is 3. The molecular weight excluding hydrogens is 739 g/mol. The first-order valence-electron chi connectivity index (χ1n) is 21.4. The van der Waals surface area contributed by atoms with E-state index < -0.39 is 0 Å². The van der Waals surface area contributed by atoms with E-state index in [-0.39, 0.29) is 5.92 Å². The lowest BCUT2D eigenvalue weighted by atomic mass is 9.84. The van der Waals surface area contributed by atoms with Gasteiger partial charge in [-0.2, -0.15) is 0 Å². The van der Waals surface area contributed by atoms with E-state index in [1.807, 2.05) is 0 Å². The number of hydrogen-bond acceptors (Lipinski definition) is 3. The number of para-hydroxylation sites is 2. The van der Waals surface area contributed by atoms with Crippen LogP contribution in [0, 0.1) is 20.8 Å². The third kappa shape index (κ3) is 8.69. The van der Waals surface area contributed by atoms with Crippen molar-refractivity contribution in [2.24, 2.45) is 0 Å². The second-order valence-electron chi connectivity index (χ2n) is 16.0. The number of aryl methyl sites for hydroxylation is 3. The van der Waals surface area contributed by atoms with Crippen molar-refractivity contribution in [2.75, 3.05) is 14.7 Å². The maximum Gasteiger partial charge on any atom is 0.0464 e. The summed E-state index contributed by atoms with van der Waals surface area (Å²) in [4.78, 5) is 7.07. The monoisotopic (exact) mass is 789 g/mol. The molecule has 0 saturated carbocycles. The summed E-state index contributed by atoms with van der Waals surface area (Å²) in [7, 11) is 0. The Balaban J connectivity index is 1.13. The van der Waals surface area contributed by atoms with Crippen LogP contribution in [0.2, 0.25) is 0 Å². The molecule has 0 atom stereocenters. The topological polar surface area (TPSA) is 9.72 Å². The Bertz CT molecular complexity index is 2640. The van der Waals surface area contributed by atoms with E-state index in [2.05, 4.69) is 260 Å². The highest BCUT2D eigenvalue weighted by molar-refractivity contribution is 5.79. The minimum atomic E-state index is -0.00773. The van der Waals surface area contributed by atoms with Gasteiger partial charge in [0.2, 0.25) is 0 Å². The molecule has 3 heteroatoms. The molecule has 61 heavy (non-hydrogen) atoms. The summed E-state index contributed by atoms with van der Waals surface area (Å²) in [5, 5.41) is 0. The molecule has 8 aromatic carbocycles. The third-order valence-electron chi connectivity index (χ3n) is 11.5. The van der Waals surface area contributed by atoms with Gasteiger partial charge in [-0.15, -0.1) is 0 Å². The lowest BCUT2D eigenvalue weighted by Gasteiger charge is -2.29. The van der Waals surface area contributed by atoms with Gasteiger partial charge in [0.15, 0.2) is 0 Å². The van der Waals surface area contributed by atoms with Crippen LogP contribution in [0.25, 0.3) is 0 Å². The Hall–Kier alpha value is -7.36. The fraction of sp³-hybridized carbons (Fsp3) is 0.103. The van der Waals surface area contributed by atoms with E-state index in [0.29, 0.717) is 0 Å². The first-order chi connectivity index (χ1) is 30.0. The van der Waals surface area contributed by atoms with Crippen LogP contribution in [0.1, 0.15) is 52.1 Å². The average Bonchev–Trinajstić information content (AvgIpc) is 3.30. The van der Waals surface area contributed by atoms with Crippen molar-refractivity contribution in [1.29, 1.82) is 0 Å². The second kappa shape index (κ2) is 17.9. The highest BCUT2D eigenvalue weighted by atomic mass is 15.2. The summed E-state index contributed by atoms with van der Waals surface area (Å²) < 4.78 is 0. The van der Waals surface area contributed by atoms with E-state index in [0.717, 1.165) is 52.7 Å². The third-order valence-corrected chi connectivity index (χ3v) is 11.5. The number of anilines is 8. The Morgan fingerprint density at radius 1 is 0.328 bits per heavy atom. The van der Waals surface area contributed by atoms with Gasteiger partial charge < -0.3 is 14.7 Å². The Morgan fingerprint density at radius 2 is 0.672 bits per heavy atom. The van der Waals surface area contributed by atoms with Crippen molar-refractivity contribution in [3.63, 3.8) is 0 Å². The van der Waals surface area contributed by atoms with Crippen molar-refractivity contribution in [2.45, 2.75) is 39.5 Å². The smallest absolute Gasteiger partial charge is 0.0464 e. The molecule has 1 aliphatic rings. The molecule has 0 spiro atoms. The maximum atomic E-state index is 2.39. The van der Waals surface area contributed by atoms with E-state index in [9.17, 15) is 0 Å². The van der Waals surface area contributed by atoms with Crippen molar-refractivity contribution in [1.82, 2.24) is 0 Å². The standard InChI is InChI=1S/C58H51N3/c1-43-16-13-25-55(40-43)59(49-19-7-4-8-20-49)52-34-28-46(29-35-52)58(47-30-36-53(37-31-47)60(50-21-9-5-10-22-50)56-26-14-17-44(2)41-56)48-32-38-54(39-33-48)61(51-23-11-6-12-24-51)57-27-15-18-45(3)42-57/h4-5,7-11,13-42,58H,6,12H2,1-3H3. The molecule has 298 valence electrons. The van der Waals surface area contributed by atoms with Crippen LogP contribution in [-0.2, 0) is 0 Å². The van der Waals surface area contributed by atoms with Gasteiger partial charge in [0, 0.05) is 57.1 Å². The zero-order chi connectivity index (χ0) is 41.5. The number of nitrogens with zero attached hydrogens (tertiary/aromatic N) is 3. The highest BCUT2D eigenvalue weighted by Crippen LogP contribution is 2.41. The average molecular weight is 790 g/mol. The fourth-order valence-corrected chi connectivity index (χ4v) is 8.59. The summed E-state index contributed by atoms with van der Waals surface area (Å²) in [6.07, 6.45) is 9.01. The molecule has 1 aliphatic carbocycles. The SMILES string of the molecule is Cc1cccc(N(C2=CCCC=C2)c2ccc(C(c3ccc(N(c4ccccc4)c4cccc(C)c4)cc3)c3ccc(N(c4ccccc4)c4cccc(C)c4)cc3)cc2)c1. The molecule has 0 radical (unpaired) electrons. The molecule has 0 bridgehead atoms. The lowest BCUT2D eigenvalue weighted by molar-refractivity contribution is 0.973. The van der Waals surface area contributed by atoms with Gasteiger partial charge in [-0.1, -0.05) is 121 Å². The summed E-state index contributed by atoms with van der Waals surface area (Å²) in [5.41, 5.74) is 17.7. The molecule has 3 nitrogen and oxygen atoms in total. The number of rotatable bonds is 12. The van der Waals surface area contributed by atoms with Gasteiger partial charge in [0.25, 0.3) is 0 Å². The van der Waals surface area contributed by atoms with E-state index in [4.69, 9.17) is 0 Å². The van der Waals surface area contributed by atoms with Crippen molar-refractivity contribution in [3.05, 3.63) is 264 Å². The van der Waals surface area contributed by atoms with E-state index in [1.165, 1.54) is 44.8 Å². The molecule has 0 aromatic heterocycles. The summed E-state index contributed by atoms with van der Waals surface area (Å²) in [5.74, 6) is -0.00773. The predicted molar refractivity (Wildman–Crippen MR) is 259 cm³/mol. The van der Waals surface area contributed by atoms with Crippen LogP contribution in [-0.4, -0.2) is 0 Å². The number of benzene rings is 8. The second-order valence-corrected chi connectivity index (χ2v) is 16.0. The molecule has 9 rings (SSSR count). The normalized spacial score (nSPS) is 12.2. The Morgan fingerprint density at radius 3 is 1.03 bits per heavy atom. The fourth-order valence-electron chi connectivity index (χ4n) is 8.59. The molecule has 0 fully saturated rings. The van der Waals surface area contributed by atoms with Crippen LogP contribution >= 0.6 is 0 Å². The minimum Gasteiger partial charge on any atom is -0.311 e. The molecule has 8 aromatic rings. The minimum absolute atomic E-state index is 0.00773. The lowest BCUT2D eigenvalue weighted by Crippen LogP contribution is -2.16. The maximum absolute atomic E-state index is 2.39. The van der Waals surface area contributed by atoms with Crippen LogP contribution < -0.4 is 14.7 Å². The van der Waals surface area contributed by atoms with Gasteiger partial charge in [-0.25, -0.2) is 0 Å². The van der Waals surface area contributed by atoms with Gasteiger partial charge in [-0.05, 0) is 170 Å². The van der Waals surface area contributed by atoms with Crippen molar-refractivity contribution >= 4 is 45.5 Å². The first kappa shape index (κ1) is 39.1. The highest BCUT2D eigenvalue weighted by Gasteiger charge is 2.22. The summed E-state index contributed by atoms with van der Waals surface area (Å²) in [6, 6.07) is 75.1. The van der Waals surface area contributed by atoms with E-state index >= 15 is 0 Å². The van der Waals surface area contributed by atoms with Crippen LogP contribution in [0.5, 0.6) is 0 Å². The molecule has 0 unspecified atom stereocenters. The molecule has 0 heterocycles. The van der Waals surface area contributed by atoms with Gasteiger partial charge in [-0.3, -0.25) is 0 Å². The Labute approximate surface area is 361 Å². The first-order valence-corrected chi connectivity index (χ1v) is 21.4. The van der Waals surface area contributed by atoms with Crippen molar-refractivity contribution < 1.29 is 0 Å². The predicted octanol–water partition coefficient (Wildman–Crippen LogP) is 16.1. The van der Waals surface area contributed by atoms with Crippen LogP contribution in [0.15, 0.2) is 230 Å². The zero-order valence-corrected chi connectivity index (χ0v) is 35.2. The quantitative estimate of drug-likeness (QED) is 0.114. The molecular formula is C58H51N3. The molecule has 0 N–H and O–H groups in total. The van der Waals surface area contributed by atoms with Crippen molar-refractivity contribution in [3.8, 4) is 0 Å². The largest absolute Gasteiger partial charge is 0.311 e. The van der Waals surface area contributed by atoms with E-state index in [1.54, 1.807) is 0 Å². The van der Waals surface area contributed by atoms with Crippen LogP contribution in [0.4, 0.5) is 45.5 Å². The molecule has 0 saturated heterocycles. The summed E-state index contributed by atoms with van der Waals surface area (Å²) in [6.45, 7) is 6.47. The summed E-state index contributed by atoms with van der Waals surface area (Å²) >= 11 is 0. The van der Waals surface area contributed by atoms with Gasteiger partial charge in [0.05, 0.1) is 0 Å². The molecule has 0 amide bonds. The molecule has 0 aliphatic heterocycles. The number of hydrogen-bond donors (Lipinski definition) is 0. The zero-order valence-electron chi connectivity index (χ0n) is 35.2. The van der Waals surface area contributed by atoms with Gasteiger partial charge >= 0.3 is 0 Å². The Kier molecular flexibility index (Phi) is 11.5.